The summed E-state index contributed by atoms with van der Waals surface area (Å²) in [4.78, 5) is 12.7. The summed E-state index contributed by atoms with van der Waals surface area (Å²) in [5, 5.41) is 4.26. The summed E-state index contributed by atoms with van der Waals surface area (Å²) in [7, 11) is 0. The van der Waals surface area contributed by atoms with Crippen molar-refractivity contribution < 1.29 is 4.79 Å². The molecule has 0 N–H and O–H groups in total. The van der Waals surface area contributed by atoms with Crippen LogP contribution in [0.2, 0.25) is 0 Å². The molecule has 0 saturated carbocycles. The standard InChI is InChI=1S/C17H13BrN2O/c1-12-11-13(7-8-15(12)18)17(21)16-9-10-19-20(16)14-5-3-2-4-6-14/h2-11H,1H3. The predicted octanol–water partition coefficient (Wildman–Crippen LogP) is 4.17. The molecule has 0 fully saturated rings. The molecular weight excluding hydrogens is 328 g/mol. The summed E-state index contributed by atoms with van der Waals surface area (Å²) in [5.74, 6) is -0.0352. The van der Waals surface area contributed by atoms with Gasteiger partial charge in [0.05, 0.1) is 11.9 Å². The zero-order valence-electron chi connectivity index (χ0n) is 11.5. The Labute approximate surface area is 131 Å². The van der Waals surface area contributed by atoms with Gasteiger partial charge in [-0.25, -0.2) is 4.68 Å². The van der Waals surface area contributed by atoms with Crippen molar-refractivity contribution in [3.63, 3.8) is 0 Å². The molecular formula is C17H13BrN2O. The fourth-order valence-corrected chi connectivity index (χ4v) is 2.43. The van der Waals surface area contributed by atoms with E-state index in [1.165, 1.54) is 0 Å². The summed E-state index contributed by atoms with van der Waals surface area (Å²) in [6, 6.07) is 17.0. The number of halogens is 1. The fourth-order valence-electron chi connectivity index (χ4n) is 2.18. The lowest BCUT2D eigenvalue weighted by molar-refractivity contribution is 0.103. The number of carbonyl (C=O) groups excluding carboxylic acids is 1. The van der Waals surface area contributed by atoms with Crippen molar-refractivity contribution in [2.75, 3.05) is 0 Å². The number of hydrogen-bond donors (Lipinski definition) is 0. The number of carbonyl (C=O) groups is 1. The molecule has 1 heterocycles. The van der Waals surface area contributed by atoms with E-state index in [4.69, 9.17) is 0 Å². The van der Waals surface area contributed by atoms with Crippen LogP contribution in [0, 0.1) is 6.92 Å². The normalized spacial score (nSPS) is 10.6. The van der Waals surface area contributed by atoms with E-state index < -0.39 is 0 Å². The number of benzene rings is 2. The van der Waals surface area contributed by atoms with E-state index in [1.807, 2.05) is 55.5 Å². The Kier molecular flexibility index (Phi) is 3.71. The molecule has 0 atom stereocenters. The van der Waals surface area contributed by atoms with Gasteiger partial charge in [0, 0.05) is 10.0 Å². The first-order chi connectivity index (χ1) is 10.2. The van der Waals surface area contributed by atoms with Gasteiger partial charge in [0.25, 0.3) is 0 Å². The molecule has 104 valence electrons. The van der Waals surface area contributed by atoms with Gasteiger partial charge in [0.2, 0.25) is 5.78 Å². The topological polar surface area (TPSA) is 34.9 Å². The SMILES string of the molecule is Cc1cc(C(=O)c2ccnn2-c2ccccc2)ccc1Br. The van der Waals surface area contributed by atoms with Gasteiger partial charge >= 0.3 is 0 Å². The highest BCUT2D eigenvalue weighted by Crippen LogP contribution is 2.20. The van der Waals surface area contributed by atoms with Crippen LogP contribution in [-0.2, 0) is 0 Å². The molecule has 4 heteroatoms. The largest absolute Gasteiger partial charge is 0.287 e. The van der Waals surface area contributed by atoms with Gasteiger partial charge in [-0.2, -0.15) is 5.10 Å². The molecule has 1 aromatic heterocycles. The second-order valence-corrected chi connectivity index (χ2v) is 5.61. The van der Waals surface area contributed by atoms with Crippen LogP contribution in [0.5, 0.6) is 0 Å². The molecule has 0 aliphatic carbocycles. The lowest BCUT2D eigenvalue weighted by Crippen LogP contribution is -2.10. The van der Waals surface area contributed by atoms with E-state index in [-0.39, 0.29) is 5.78 Å². The first-order valence-electron chi connectivity index (χ1n) is 6.57. The molecule has 0 radical (unpaired) electrons. The van der Waals surface area contributed by atoms with Crippen LogP contribution < -0.4 is 0 Å². The molecule has 0 aliphatic heterocycles. The quantitative estimate of drug-likeness (QED) is 0.670. The molecule has 2 aromatic carbocycles. The van der Waals surface area contributed by atoms with Crippen molar-refractivity contribution in [3.05, 3.63) is 82.1 Å². The van der Waals surface area contributed by atoms with E-state index in [2.05, 4.69) is 21.0 Å². The summed E-state index contributed by atoms with van der Waals surface area (Å²) in [6.07, 6.45) is 1.64. The number of para-hydroxylation sites is 1. The zero-order valence-corrected chi connectivity index (χ0v) is 13.0. The summed E-state index contributed by atoms with van der Waals surface area (Å²) >= 11 is 3.45. The fraction of sp³-hybridized carbons (Fsp3) is 0.0588. The number of rotatable bonds is 3. The van der Waals surface area contributed by atoms with Crippen LogP contribution in [0.1, 0.15) is 21.6 Å². The molecule has 3 rings (SSSR count). The minimum absolute atomic E-state index is 0.0352. The van der Waals surface area contributed by atoms with E-state index in [0.717, 1.165) is 15.7 Å². The van der Waals surface area contributed by atoms with Gasteiger partial charge < -0.3 is 0 Å². The molecule has 21 heavy (non-hydrogen) atoms. The van der Waals surface area contributed by atoms with Crippen molar-refractivity contribution in [1.82, 2.24) is 9.78 Å². The van der Waals surface area contributed by atoms with Crippen molar-refractivity contribution in [3.8, 4) is 5.69 Å². The second kappa shape index (κ2) is 5.66. The average Bonchev–Trinajstić information content (AvgIpc) is 2.99. The molecule has 3 nitrogen and oxygen atoms in total. The first kappa shape index (κ1) is 13.8. The van der Waals surface area contributed by atoms with Crippen LogP contribution in [0.4, 0.5) is 0 Å². The smallest absolute Gasteiger partial charge is 0.211 e. The Balaban J connectivity index is 2.03. The maximum atomic E-state index is 12.7. The third kappa shape index (κ3) is 2.67. The Morgan fingerprint density at radius 1 is 1.10 bits per heavy atom. The summed E-state index contributed by atoms with van der Waals surface area (Å²) in [5.41, 5.74) is 3.13. The Morgan fingerprint density at radius 2 is 1.86 bits per heavy atom. The maximum Gasteiger partial charge on any atom is 0.211 e. The lowest BCUT2D eigenvalue weighted by atomic mass is 10.1. The molecule has 0 unspecified atom stereocenters. The molecule has 0 amide bonds. The number of nitrogens with zero attached hydrogens (tertiary/aromatic N) is 2. The summed E-state index contributed by atoms with van der Waals surface area (Å²) in [6.45, 7) is 1.97. The number of aromatic nitrogens is 2. The first-order valence-corrected chi connectivity index (χ1v) is 7.36. The molecule has 0 saturated heterocycles. The highest BCUT2D eigenvalue weighted by atomic mass is 79.9. The van der Waals surface area contributed by atoms with Crippen LogP contribution in [0.15, 0.2) is 65.3 Å². The van der Waals surface area contributed by atoms with Crippen LogP contribution in [-0.4, -0.2) is 15.6 Å². The third-order valence-corrected chi connectivity index (χ3v) is 4.19. The van der Waals surface area contributed by atoms with Crippen molar-refractivity contribution in [2.24, 2.45) is 0 Å². The minimum Gasteiger partial charge on any atom is -0.287 e. The van der Waals surface area contributed by atoms with Crippen molar-refractivity contribution in [1.29, 1.82) is 0 Å². The minimum atomic E-state index is -0.0352. The lowest BCUT2D eigenvalue weighted by Gasteiger charge is -2.07. The molecule has 3 aromatic rings. The summed E-state index contributed by atoms with van der Waals surface area (Å²) < 4.78 is 2.66. The molecule has 0 bridgehead atoms. The van der Waals surface area contributed by atoms with E-state index >= 15 is 0 Å². The van der Waals surface area contributed by atoms with Gasteiger partial charge in [0.15, 0.2) is 0 Å². The van der Waals surface area contributed by atoms with Gasteiger partial charge in [0.1, 0.15) is 5.69 Å². The van der Waals surface area contributed by atoms with Gasteiger partial charge in [-0.3, -0.25) is 4.79 Å². The van der Waals surface area contributed by atoms with Gasteiger partial charge in [-0.1, -0.05) is 34.1 Å². The number of hydrogen-bond acceptors (Lipinski definition) is 2. The van der Waals surface area contributed by atoms with Gasteiger partial charge in [-0.05, 0) is 48.9 Å². The van der Waals surface area contributed by atoms with E-state index in [0.29, 0.717) is 11.3 Å². The van der Waals surface area contributed by atoms with Crippen LogP contribution in [0.25, 0.3) is 5.69 Å². The second-order valence-electron chi connectivity index (χ2n) is 4.76. The highest BCUT2D eigenvalue weighted by molar-refractivity contribution is 9.10. The number of aryl methyl sites for hydroxylation is 1. The molecule has 0 aliphatic rings. The Hall–Kier alpha value is -2.20. The van der Waals surface area contributed by atoms with Gasteiger partial charge in [-0.15, -0.1) is 0 Å². The number of ketones is 1. The molecule has 0 spiro atoms. The van der Waals surface area contributed by atoms with E-state index in [1.54, 1.807) is 16.9 Å². The van der Waals surface area contributed by atoms with Crippen molar-refractivity contribution in [2.45, 2.75) is 6.92 Å². The maximum absolute atomic E-state index is 12.7. The van der Waals surface area contributed by atoms with Crippen LogP contribution >= 0.6 is 15.9 Å². The third-order valence-electron chi connectivity index (χ3n) is 3.30. The average molecular weight is 341 g/mol. The zero-order chi connectivity index (χ0) is 14.8. The Bertz CT molecular complexity index is 794. The van der Waals surface area contributed by atoms with Crippen LogP contribution in [0.3, 0.4) is 0 Å². The highest BCUT2D eigenvalue weighted by Gasteiger charge is 2.15. The van der Waals surface area contributed by atoms with E-state index in [9.17, 15) is 4.79 Å². The predicted molar refractivity (Wildman–Crippen MR) is 85.9 cm³/mol. The van der Waals surface area contributed by atoms with Crippen molar-refractivity contribution >= 4 is 21.7 Å². The monoisotopic (exact) mass is 340 g/mol. The Morgan fingerprint density at radius 3 is 2.57 bits per heavy atom.